The molecule has 90 valence electrons. The number of nitrogens with one attached hydrogen (secondary N) is 1. The lowest BCUT2D eigenvalue weighted by atomic mass is 10.1. The van der Waals surface area contributed by atoms with E-state index < -0.39 is 0 Å². The lowest BCUT2D eigenvalue weighted by Crippen LogP contribution is -2.19. The Morgan fingerprint density at radius 1 is 1.19 bits per heavy atom. The Morgan fingerprint density at radius 3 is 2.31 bits per heavy atom. The van der Waals surface area contributed by atoms with E-state index in [-0.39, 0.29) is 0 Å². The Hall–Kier alpha value is -1.02. The molecule has 0 radical (unpaired) electrons. The SMILES string of the molecule is CCCN(C)c1ccc(C(C)NCC)cc1. The van der Waals surface area contributed by atoms with Crippen LogP contribution in [0.4, 0.5) is 5.69 Å². The van der Waals surface area contributed by atoms with Gasteiger partial charge >= 0.3 is 0 Å². The molecule has 1 atom stereocenters. The van der Waals surface area contributed by atoms with Crippen LogP contribution in [-0.2, 0) is 0 Å². The molecule has 0 saturated heterocycles. The molecule has 1 N–H and O–H groups in total. The summed E-state index contributed by atoms with van der Waals surface area (Å²) in [6.45, 7) is 8.67. The van der Waals surface area contributed by atoms with Crippen LogP contribution in [0.1, 0.15) is 38.8 Å². The zero-order chi connectivity index (χ0) is 12.0. The van der Waals surface area contributed by atoms with Crippen LogP contribution < -0.4 is 10.2 Å². The monoisotopic (exact) mass is 220 g/mol. The van der Waals surface area contributed by atoms with Crippen molar-refractivity contribution < 1.29 is 0 Å². The molecule has 16 heavy (non-hydrogen) atoms. The van der Waals surface area contributed by atoms with Gasteiger partial charge in [-0.3, -0.25) is 0 Å². The van der Waals surface area contributed by atoms with Crippen LogP contribution >= 0.6 is 0 Å². The van der Waals surface area contributed by atoms with Crippen molar-refractivity contribution in [3.8, 4) is 0 Å². The standard InChI is InChI=1S/C14H24N2/c1-5-11-16(4)14-9-7-13(8-10-14)12(3)15-6-2/h7-10,12,15H,5-6,11H2,1-4H3. The molecule has 1 aromatic carbocycles. The summed E-state index contributed by atoms with van der Waals surface area (Å²) in [5, 5.41) is 3.42. The predicted octanol–water partition coefficient (Wildman–Crippen LogP) is 3.20. The Kier molecular flexibility index (Phi) is 5.33. The van der Waals surface area contributed by atoms with E-state index in [1.165, 1.54) is 17.7 Å². The van der Waals surface area contributed by atoms with E-state index >= 15 is 0 Å². The second-order valence-corrected chi connectivity index (χ2v) is 4.29. The number of nitrogens with zero attached hydrogens (tertiary/aromatic N) is 1. The summed E-state index contributed by atoms with van der Waals surface area (Å²) in [5.74, 6) is 0. The summed E-state index contributed by atoms with van der Waals surface area (Å²) in [5.41, 5.74) is 2.66. The van der Waals surface area contributed by atoms with Crippen molar-refractivity contribution in [2.75, 3.05) is 25.0 Å². The maximum Gasteiger partial charge on any atom is 0.0363 e. The van der Waals surface area contributed by atoms with Gasteiger partial charge in [-0.2, -0.15) is 0 Å². The van der Waals surface area contributed by atoms with Crippen molar-refractivity contribution in [3.63, 3.8) is 0 Å². The van der Waals surface area contributed by atoms with Crippen LogP contribution in [-0.4, -0.2) is 20.1 Å². The summed E-state index contributed by atoms with van der Waals surface area (Å²) in [6.07, 6.45) is 1.19. The van der Waals surface area contributed by atoms with Crippen LogP contribution in [0.5, 0.6) is 0 Å². The van der Waals surface area contributed by atoms with Crippen LogP contribution in [0.3, 0.4) is 0 Å². The number of rotatable bonds is 6. The zero-order valence-electron chi connectivity index (χ0n) is 11.0. The molecule has 2 heteroatoms. The molecule has 0 aromatic heterocycles. The Bertz CT molecular complexity index is 261. The first-order chi connectivity index (χ1) is 7.69. The van der Waals surface area contributed by atoms with Gasteiger partial charge in [-0.1, -0.05) is 26.0 Å². The molecule has 1 aromatic rings. The van der Waals surface area contributed by atoms with Gasteiger partial charge in [0.15, 0.2) is 0 Å². The molecule has 0 aliphatic heterocycles. The molecule has 2 nitrogen and oxygen atoms in total. The Morgan fingerprint density at radius 2 is 1.81 bits per heavy atom. The molecule has 1 unspecified atom stereocenters. The van der Waals surface area contributed by atoms with Crippen molar-refractivity contribution in [1.29, 1.82) is 0 Å². The third kappa shape index (κ3) is 3.53. The number of benzene rings is 1. The Labute approximate surface area is 99.7 Å². The lowest BCUT2D eigenvalue weighted by Gasteiger charge is -2.19. The third-order valence-corrected chi connectivity index (χ3v) is 2.90. The first-order valence-electron chi connectivity index (χ1n) is 6.23. The first-order valence-corrected chi connectivity index (χ1v) is 6.23. The highest BCUT2D eigenvalue weighted by Crippen LogP contribution is 2.18. The van der Waals surface area contributed by atoms with E-state index in [1.54, 1.807) is 0 Å². The molecule has 0 fully saturated rings. The predicted molar refractivity (Wildman–Crippen MR) is 72.1 cm³/mol. The summed E-state index contributed by atoms with van der Waals surface area (Å²) >= 11 is 0. The quantitative estimate of drug-likeness (QED) is 0.792. The van der Waals surface area contributed by atoms with Crippen molar-refractivity contribution in [3.05, 3.63) is 29.8 Å². The molecule has 0 amide bonds. The largest absolute Gasteiger partial charge is 0.375 e. The van der Waals surface area contributed by atoms with E-state index in [0.29, 0.717) is 6.04 Å². The summed E-state index contributed by atoms with van der Waals surface area (Å²) in [4.78, 5) is 2.29. The fourth-order valence-corrected chi connectivity index (χ4v) is 1.91. The number of hydrogen-bond donors (Lipinski definition) is 1. The maximum absolute atomic E-state index is 3.42. The van der Waals surface area contributed by atoms with Gasteiger partial charge in [0.05, 0.1) is 0 Å². The molecular formula is C14H24N2. The molecule has 1 rings (SSSR count). The van der Waals surface area contributed by atoms with Crippen LogP contribution in [0.2, 0.25) is 0 Å². The van der Waals surface area contributed by atoms with Gasteiger partial charge in [-0.15, -0.1) is 0 Å². The van der Waals surface area contributed by atoms with E-state index in [2.05, 4.69) is 62.3 Å². The van der Waals surface area contributed by atoms with Gasteiger partial charge in [0.1, 0.15) is 0 Å². The van der Waals surface area contributed by atoms with Crippen molar-refractivity contribution >= 4 is 5.69 Å². The number of anilines is 1. The van der Waals surface area contributed by atoms with Gasteiger partial charge in [0, 0.05) is 25.3 Å². The normalized spacial score (nSPS) is 12.5. The number of hydrogen-bond acceptors (Lipinski definition) is 2. The minimum Gasteiger partial charge on any atom is -0.375 e. The van der Waals surface area contributed by atoms with E-state index in [9.17, 15) is 0 Å². The molecule has 0 saturated carbocycles. The van der Waals surface area contributed by atoms with Crippen molar-refractivity contribution in [2.24, 2.45) is 0 Å². The molecular weight excluding hydrogens is 196 g/mol. The highest BCUT2D eigenvalue weighted by Gasteiger charge is 2.04. The van der Waals surface area contributed by atoms with Crippen LogP contribution in [0.15, 0.2) is 24.3 Å². The average molecular weight is 220 g/mol. The summed E-state index contributed by atoms with van der Waals surface area (Å²) in [7, 11) is 2.15. The second kappa shape index (κ2) is 6.54. The van der Waals surface area contributed by atoms with E-state index in [0.717, 1.165) is 13.1 Å². The molecule has 0 spiro atoms. The first kappa shape index (κ1) is 13.0. The smallest absolute Gasteiger partial charge is 0.0363 e. The molecule has 0 bridgehead atoms. The van der Waals surface area contributed by atoms with Crippen LogP contribution in [0, 0.1) is 0 Å². The molecule has 0 heterocycles. The fourth-order valence-electron chi connectivity index (χ4n) is 1.91. The fraction of sp³-hybridized carbons (Fsp3) is 0.571. The molecule has 0 aliphatic rings. The van der Waals surface area contributed by atoms with Gasteiger partial charge < -0.3 is 10.2 Å². The zero-order valence-corrected chi connectivity index (χ0v) is 11.0. The average Bonchev–Trinajstić information content (AvgIpc) is 2.30. The topological polar surface area (TPSA) is 15.3 Å². The van der Waals surface area contributed by atoms with Crippen molar-refractivity contribution in [1.82, 2.24) is 5.32 Å². The maximum atomic E-state index is 3.42. The summed E-state index contributed by atoms with van der Waals surface area (Å²) in [6, 6.07) is 9.29. The highest BCUT2D eigenvalue weighted by molar-refractivity contribution is 5.47. The third-order valence-electron chi connectivity index (χ3n) is 2.90. The van der Waals surface area contributed by atoms with E-state index in [4.69, 9.17) is 0 Å². The minimum atomic E-state index is 0.440. The van der Waals surface area contributed by atoms with Gasteiger partial charge in [-0.25, -0.2) is 0 Å². The van der Waals surface area contributed by atoms with E-state index in [1.807, 2.05) is 0 Å². The molecule has 0 aliphatic carbocycles. The summed E-state index contributed by atoms with van der Waals surface area (Å²) < 4.78 is 0. The Balaban J connectivity index is 2.67. The van der Waals surface area contributed by atoms with Crippen molar-refractivity contribution in [2.45, 2.75) is 33.2 Å². The lowest BCUT2D eigenvalue weighted by molar-refractivity contribution is 0.598. The van der Waals surface area contributed by atoms with Gasteiger partial charge in [-0.05, 0) is 37.6 Å². The van der Waals surface area contributed by atoms with Gasteiger partial charge in [0.25, 0.3) is 0 Å². The highest BCUT2D eigenvalue weighted by atomic mass is 15.1. The minimum absolute atomic E-state index is 0.440. The second-order valence-electron chi connectivity index (χ2n) is 4.29. The van der Waals surface area contributed by atoms with Gasteiger partial charge in [0.2, 0.25) is 0 Å². The van der Waals surface area contributed by atoms with Crippen LogP contribution in [0.25, 0.3) is 0 Å².